The molecule has 1 atom stereocenters. The van der Waals surface area contributed by atoms with E-state index in [1.54, 1.807) is 0 Å². The van der Waals surface area contributed by atoms with E-state index in [2.05, 4.69) is 9.98 Å². The second-order valence-electron chi connectivity index (χ2n) is 11.7. The molecule has 0 saturated heterocycles. The molecule has 1 aromatic carbocycles. The lowest BCUT2D eigenvalue weighted by molar-refractivity contribution is -0.137. The molecule has 0 spiro atoms. The van der Waals surface area contributed by atoms with Crippen molar-refractivity contribution in [2.45, 2.75) is 84.4 Å². The van der Waals surface area contributed by atoms with Crippen molar-refractivity contribution in [1.82, 2.24) is 9.91 Å². The number of likely N-dealkylation sites (N-methyl/N-ethyl adjacent to an activating group) is 1. The number of alkyl halides is 9. The van der Waals surface area contributed by atoms with Gasteiger partial charge in [0.05, 0.1) is 26.9 Å². The number of benzene rings is 1. The number of anilines is 1. The molecular formula is C26H26Cl2F9N5O4. The molecule has 1 aromatic rings. The second kappa shape index (κ2) is 12.1. The fourth-order valence-electron chi connectivity index (χ4n) is 4.19. The summed E-state index contributed by atoms with van der Waals surface area (Å²) in [6.45, 7) is 8.67. The largest absolute Gasteiger partial charge is 0.451 e. The Bertz CT molecular complexity index is 1460. The minimum Gasteiger partial charge on any atom is -0.443 e. The van der Waals surface area contributed by atoms with Crippen LogP contribution in [-0.2, 0) is 15.7 Å². The van der Waals surface area contributed by atoms with Gasteiger partial charge in [-0.2, -0.15) is 49.4 Å². The summed E-state index contributed by atoms with van der Waals surface area (Å²) in [6.07, 6.45) is -21.9. The van der Waals surface area contributed by atoms with Gasteiger partial charge in [-0.15, -0.1) is 0 Å². The van der Waals surface area contributed by atoms with Crippen molar-refractivity contribution in [3.8, 4) is 0 Å². The number of ether oxygens (including phenoxy) is 2. The molecule has 2 aliphatic heterocycles. The molecule has 2 heterocycles. The first kappa shape index (κ1) is 37.2. The van der Waals surface area contributed by atoms with Crippen LogP contribution in [0.4, 0.5) is 54.8 Å². The van der Waals surface area contributed by atoms with Crippen molar-refractivity contribution < 1.29 is 58.6 Å². The van der Waals surface area contributed by atoms with Gasteiger partial charge in [0.2, 0.25) is 5.84 Å². The number of carbonyl (C=O) groups excluding carboxylic acids is 2. The Labute approximate surface area is 266 Å². The van der Waals surface area contributed by atoms with Crippen LogP contribution >= 0.6 is 23.2 Å². The Balaban J connectivity index is 2.57. The highest BCUT2D eigenvalue weighted by molar-refractivity contribution is 6.39. The highest BCUT2D eigenvalue weighted by Crippen LogP contribution is 2.49. The number of amides is 2. The van der Waals surface area contributed by atoms with Crippen LogP contribution in [0.1, 0.15) is 54.0 Å². The SMILES string of the molecule is CCN1C2N=C(C(F)(F)F)N=C(C(F)(F)F)C2=C(N(C(=O)OC(C)(C)C)C(=O)OC(C)(C)C)N1c1c(Cl)cc(C(F)(F)F)cc1Cl. The van der Waals surface area contributed by atoms with E-state index in [0.717, 1.165) is 0 Å². The standard InChI is InChI=1S/C26H26Cl2F9N5O4/c1-8-40-17-14(16(25(32,33)34)38-19(39-17)26(35,36)37)18(41(20(43)45-22(2,3)4)21(44)46-23(5,6)7)42(40)15-12(27)9-11(10-13(15)28)24(29,30)31/h9-10,17H,8H2,1-7H3. The lowest BCUT2D eigenvalue weighted by atomic mass is 10.1. The third-order valence-electron chi connectivity index (χ3n) is 5.72. The molecule has 2 aliphatic rings. The number of hydrogen-bond acceptors (Lipinski definition) is 8. The van der Waals surface area contributed by atoms with E-state index in [9.17, 15) is 49.1 Å². The average molecular weight is 714 g/mol. The highest BCUT2D eigenvalue weighted by Gasteiger charge is 2.57. The Kier molecular flexibility index (Phi) is 9.77. The third kappa shape index (κ3) is 7.82. The fourth-order valence-corrected chi connectivity index (χ4v) is 4.84. The fraction of sp³-hybridized carbons (Fsp3) is 0.538. The number of rotatable bonds is 3. The zero-order valence-corrected chi connectivity index (χ0v) is 26.5. The molecule has 3 rings (SSSR count). The number of imide groups is 1. The van der Waals surface area contributed by atoms with Crippen LogP contribution < -0.4 is 5.01 Å². The quantitative estimate of drug-likeness (QED) is 0.291. The first-order chi connectivity index (χ1) is 20.6. The van der Waals surface area contributed by atoms with Crippen LogP contribution in [0.15, 0.2) is 33.5 Å². The van der Waals surface area contributed by atoms with Crippen LogP contribution in [0, 0.1) is 0 Å². The van der Waals surface area contributed by atoms with Gasteiger partial charge in [0.15, 0.2) is 17.7 Å². The molecule has 0 aliphatic carbocycles. The van der Waals surface area contributed by atoms with Crippen molar-refractivity contribution in [2.75, 3.05) is 11.6 Å². The summed E-state index contributed by atoms with van der Waals surface area (Å²) in [5, 5.41) is -0.607. The maximum Gasteiger partial charge on any atom is 0.451 e. The summed E-state index contributed by atoms with van der Waals surface area (Å²) >= 11 is 12.4. The molecule has 0 aromatic heterocycles. The van der Waals surface area contributed by atoms with Crippen molar-refractivity contribution in [1.29, 1.82) is 0 Å². The predicted molar refractivity (Wildman–Crippen MR) is 148 cm³/mol. The van der Waals surface area contributed by atoms with Crippen molar-refractivity contribution >= 4 is 52.6 Å². The summed E-state index contributed by atoms with van der Waals surface area (Å²) in [4.78, 5) is 33.3. The minimum absolute atomic E-state index is 0.0613. The van der Waals surface area contributed by atoms with Gasteiger partial charge in [0, 0.05) is 6.54 Å². The summed E-state index contributed by atoms with van der Waals surface area (Å²) < 4.78 is 136. The number of nitrogens with zero attached hydrogens (tertiary/aromatic N) is 5. The van der Waals surface area contributed by atoms with Gasteiger partial charge in [-0.1, -0.05) is 30.1 Å². The topological polar surface area (TPSA) is 87.0 Å². The van der Waals surface area contributed by atoms with Gasteiger partial charge < -0.3 is 9.47 Å². The number of carbonyl (C=O) groups is 2. The van der Waals surface area contributed by atoms with E-state index in [-0.39, 0.29) is 4.90 Å². The summed E-state index contributed by atoms with van der Waals surface area (Å²) in [5.41, 5.74) is -8.51. The van der Waals surface area contributed by atoms with Crippen molar-refractivity contribution in [3.05, 3.63) is 39.1 Å². The molecule has 0 fully saturated rings. The molecule has 20 heteroatoms. The Morgan fingerprint density at radius 3 is 1.63 bits per heavy atom. The Morgan fingerprint density at radius 1 is 0.826 bits per heavy atom. The second-order valence-corrected chi connectivity index (χ2v) is 12.5. The number of aliphatic imine (C=N–C) groups is 2. The average Bonchev–Trinajstić information content (AvgIpc) is 3.12. The zero-order valence-electron chi connectivity index (χ0n) is 25.0. The maximum absolute atomic E-state index is 14.6. The normalized spacial score (nSPS) is 18.3. The Hall–Kier alpha value is -3.25. The smallest absolute Gasteiger partial charge is 0.443 e. The Morgan fingerprint density at radius 2 is 1.28 bits per heavy atom. The van der Waals surface area contributed by atoms with Gasteiger partial charge in [0.1, 0.15) is 11.2 Å². The molecule has 0 saturated carbocycles. The van der Waals surface area contributed by atoms with Crippen LogP contribution in [-0.4, -0.2) is 69.9 Å². The first-order valence-electron chi connectivity index (χ1n) is 13.0. The summed E-state index contributed by atoms with van der Waals surface area (Å²) in [7, 11) is 0. The molecule has 0 radical (unpaired) electrons. The van der Waals surface area contributed by atoms with E-state index in [0.29, 0.717) is 22.2 Å². The van der Waals surface area contributed by atoms with Gasteiger partial charge in [0.25, 0.3) is 0 Å². The molecular weight excluding hydrogens is 688 g/mol. The first-order valence-corrected chi connectivity index (χ1v) is 13.8. The van der Waals surface area contributed by atoms with Gasteiger partial charge in [-0.3, -0.25) is 5.01 Å². The molecule has 0 bridgehead atoms. The molecule has 0 N–H and O–H groups in total. The number of halogens is 11. The van der Waals surface area contributed by atoms with E-state index in [1.165, 1.54) is 48.5 Å². The van der Waals surface area contributed by atoms with Crippen LogP contribution in [0.3, 0.4) is 0 Å². The maximum atomic E-state index is 14.6. The van der Waals surface area contributed by atoms with Crippen LogP contribution in [0.25, 0.3) is 0 Å². The van der Waals surface area contributed by atoms with Crippen molar-refractivity contribution in [2.24, 2.45) is 9.98 Å². The molecule has 256 valence electrons. The third-order valence-corrected chi connectivity index (χ3v) is 6.30. The number of hydrogen-bond donors (Lipinski definition) is 0. The summed E-state index contributed by atoms with van der Waals surface area (Å²) in [6, 6.07) is 0.685. The number of hydrazine groups is 1. The molecule has 9 nitrogen and oxygen atoms in total. The number of amidine groups is 1. The van der Waals surface area contributed by atoms with E-state index in [4.69, 9.17) is 32.7 Å². The van der Waals surface area contributed by atoms with Crippen LogP contribution in [0.2, 0.25) is 10.0 Å². The summed E-state index contributed by atoms with van der Waals surface area (Å²) in [5.74, 6) is -3.43. The molecule has 46 heavy (non-hydrogen) atoms. The van der Waals surface area contributed by atoms with E-state index >= 15 is 0 Å². The van der Waals surface area contributed by atoms with Gasteiger partial charge in [-0.25, -0.2) is 19.6 Å². The lowest BCUT2D eigenvalue weighted by Crippen LogP contribution is -2.50. The molecule has 1 unspecified atom stereocenters. The van der Waals surface area contributed by atoms with E-state index < -0.39 is 98.9 Å². The monoisotopic (exact) mass is 713 g/mol. The predicted octanol–water partition coefficient (Wildman–Crippen LogP) is 8.76. The lowest BCUT2D eigenvalue weighted by Gasteiger charge is -2.37. The highest BCUT2D eigenvalue weighted by atomic mass is 35.5. The van der Waals surface area contributed by atoms with E-state index in [1.807, 2.05) is 0 Å². The van der Waals surface area contributed by atoms with Crippen LogP contribution in [0.5, 0.6) is 0 Å². The number of fused-ring (bicyclic) bond motifs is 1. The van der Waals surface area contributed by atoms with Crippen molar-refractivity contribution in [3.63, 3.8) is 0 Å². The van der Waals surface area contributed by atoms with Gasteiger partial charge >= 0.3 is 30.7 Å². The van der Waals surface area contributed by atoms with Gasteiger partial charge in [-0.05, 0) is 53.7 Å². The minimum atomic E-state index is -5.68. The zero-order chi connectivity index (χ0) is 35.5. The molecule has 2 amide bonds.